The molecule has 2 rings (SSSR count). The van der Waals surface area contributed by atoms with Gasteiger partial charge >= 0.3 is 0 Å². The Morgan fingerprint density at radius 2 is 1.95 bits per heavy atom. The Morgan fingerprint density at radius 1 is 1.26 bits per heavy atom. The van der Waals surface area contributed by atoms with Crippen molar-refractivity contribution in [1.82, 2.24) is 15.1 Å². The quantitative estimate of drug-likeness (QED) is 0.909. The molecule has 0 bridgehead atoms. The normalized spacial score (nSPS) is 17.4. The number of hydrogen-bond donors (Lipinski definition) is 1. The van der Waals surface area contributed by atoms with Gasteiger partial charge in [0.15, 0.2) is 0 Å². The molecule has 1 heterocycles. The zero-order valence-electron chi connectivity index (χ0n) is 11.2. The van der Waals surface area contributed by atoms with E-state index in [-0.39, 0.29) is 5.91 Å². The minimum atomic E-state index is -0.0124. The molecule has 0 radical (unpaired) electrons. The predicted octanol–water partition coefficient (Wildman–Crippen LogP) is 1.43. The summed E-state index contributed by atoms with van der Waals surface area (Å²) >= 11 is 3.40. The Hall–Kier alpha value is -0.910. The van der Waals surface area contributed by atoms with Crippen LogP contribution in [0.25, 0.3) is 0 Å². The summed E-state index contributed by atoms with van der Waals surface area (Å²) in [5.74, 6) is -0.0124. The highest BCUT2D eigenvalue weighted by atomic mass is 79.9. The number of rotatable bonds is 4. The van der Waals surface area contributed by atoms with Gasteiger partial charge in [0.2, 0.25) is 0 Å². The lowest BCUT2D eigenvalue weighted by atomic mass is 10.2. The number of nitrogens with one attached hydrogen (secondary N) is 1. The molecule has 0 spiro atoms. The van der Waals surface area contributed by atoms with Crippen LogP contribution in [0.4, 0.5) is 0 Å². The van der Waals surface area contributed by atoms with Crippen LogP contribution in [0.1, 0.15) is 10.4 Å². The molecule has 4 nitrogen and oxygen atoms in total. The number of benzene rings is 1. The molecule has 0 saturated carbocycles. The van der Waals surface area contributed by atoms with Gasteiger partial charge in [-0.2, -0.15) is 0 Å². The van der Waals surface area contributed by atoms with Gasteiger partial charge in [-0.05, 0) is 35.1 Å². The maximum absolute atomic E-state index is 12.0. The van der Waals surface area contributed by atoms with Gasteiger partial charge in [0.05, 0.1) is 5.56 Å². The molecule has 1 amide bonds. The number of piperazine rings is 1. The van der Waals surface area contributed by atoms with Gasteiger partial charge in [-0.25, -0.2) is 0 Å². The molecule has 1 aliphatic heterocycles. The van der Waals surface area contributed by atoms with Gasteiger partial charge < -0.3 is 10.2 Å². The van der Waals surface area contributed by atoms with Crippen LogP contribution in [0, 0.1) is 0 Å². The van der Waals surface area contributed by atoms with Crippen LogP contribution < -0.4 is 5.32 Å². The smallest absolute Gasteiger partial charge is 0.252 e. The monoisotopic (exact) mass is 325 g/mol. The minimum absolute atomic E-state index is 0.0124. The Bertz CT molecular complexity index is 430. The highest BCUT2D eigenvalue weighted by Gasteiger charge is 2.14. The molecule has 1 saturated heterocycles. The van der Waals surface area contributed by atoms with Crippen molar-refractivity contribution in [2.75, 3.05) is 46.3 Å². The largest absolute Gasteiger partial charge is 0.351 e. The Balaban J connectivity index is 1.74. The van der Waals surface area contributed by atoms with Crippen molar-refractivity contribution >= 4 is 21.8 Å². The van der Waals surface area contributed by atoms with Gasteiger partial charge in [0.1, 0.15) is 0 Å². The average Bonchev–Trinajstić information content (AvgIpc) is 2.41. The number of carbonyl (C=O) groups is 1. The molecule has 1 fully saturated rings. The molecule has 5 heteroatoms. The Labute approximate surface area is 122 Å². The third-order valence-corrected chi connectivity index (χ3v) is 4.12. The van der Waals surface area contributed by atoms with Crippen LogP contribution in [-0.2, 0) is 0 Å². The topological polar surface area (TPSA) is 35.6 Å². The van der Waals surface area contributed by atoms with Crippen molar-refractivity contribution in [3.63, 3.8) is 0 Å². The lowest BCUT2D eigenvalue weighted by Gasteiger charge is -2.32. The summed E-state index contributed by atoms with van der Waals surface area (Å²) < 4.78 is 0.840. The lowest BCUT2D eigenvalue weighted by Crippen LogP contribution is -2.46. The van der Waals surface area contributed by atoms with E-state index in [1.807, 2.05) is 24.3 Å². The maximum atomic E-state index is 12.0. The van der Waals surface area contributed by atoms with E-state index in [4.69, 9.17) is 0 Å². The molecular weight excluding hydrogens is 306 g/mol. The van der Waals surface area contributed by atoms with E-state index >= 15 is 0 Å². The van der Waals surface area contributed by atoms with E-state index in [9.17, 15) is 4.79 Å². The molecule has 19 heavy (non-hydrogen) atoms. The first-order valence-corrected chi connectivity index (χ1v) is 7.40. The van der Waals surface area contributed by atoms with Crippen molar-refractivity contribution in [3.8, 4) is 0 Å². The Morgan fingerprint density at radius 3 is 2.63 bits per heavy atom. The standard InChI is InChI=1S/C14H20BrN3O/c1-17-8-10-18(11-9-17)7-6-16-14(19)12-4-2-3-5-13(12)15/h2-5H,6-11H2,1H3,(H,16,19). The first-order chi connectivity index (χ1) is 9.16. The number of hydrogen-bond acceptors (Lipinski definition) is 3. The van der Waals surface area contributed by atoms with Crippen molar-refractivity contribution in [1.29, 1.82) is 0 Å². The fourth-order valence-corrected chi connectivity index (χ4v) is 2.60. The van der Waals surface area contributed by atoms with Crippen LogP contribution in [0.2, 0.25) is 0 Å². The van der Waals surface area contributed by atoms with E-state index in [2.05, 4.69) is 38.1 Å². The Kier molecular flexibility index (Phi) is 5.36. The molecule has 1 aromatic rings. The zero-order chi connectivity index (χ0) is 13.7. The summed E-state index contributed by atoms with van der Waals surface area (Å²) in [6, 6.07) is 7.50. The molecule has 0 aliphatic carbocycles. The summed E-state index contributed by atoms with van der Waals surface area (Å²) in [5.41, 5.74) is 0.695. The molecule has 0 unspecified atom stereocenters. The summed E-state index contributed by atoms with van der Waals surface area (Å²) in [7, 11) is 2.14. The highest BCUT2D eigenvalue weighted by molar-refractivity contribution is 9.10. The lowest BCUT2D eigenvalue weighted by molar-refractivity contribution is 0.0940. The summed E-state index contributed by atoms with van der Waals surface area (Å²) in [4.78, 5) is 16.7. The van der Waals surface area contributed by atoms with Crippen LogP contribution in [0.5, 0.6) is 0 Å². The molecule has 0 atom stereocenters. The minimum Gasteiger partial charge on any atom is -0.351 e. The van der Waals surface area contributed by atoms with Crippen LogP contribution in [-0.4, -0.2) is 62.0 Å². The number of halogens is 1. The molecule has 1 aromatic carbocycles. The number of nitrogens with zero attached hydrogens (tertiary/aromatic N) is 2. The first-order valence-electron chi connectivity index (χ1n) is 6.60. The fourth-order valence-electron chi connectivity index (χ4n) is 2.14. The molecule has 0 aromatic heterocycles. The van der Waals surface area contributed by atoms with Crippen LogP contribution in [0.3, 0.4) is 0 Å². The summed E-state index contributed by atoms with van der Waals surface area (Å²) in [6.07, 6.45) is 0. The third kappa shape index (κ3) is 4.30. The van der Waals surface area contributed by atoms with Gasteiger partial charge in [-0.15, -0.1) is 0 Å². The van der Waals surface area contributed by atoms with Crippen molar-refractivity contribution in [2.24, 2.45) is 0 Å². The van der Waals surface area contributed by atoms with E-state index in [1.165, 1.54) is 0 Å². The number of amides is 1. The maximum Gasteiger partial charge on any atom is 0.252 e. The first kappa shape index (κ1) is 14.5. The second-order valence-corrected chi connectivity index (χ2v) is 5.74. The van der Waals surface area contributed by atoms with Gasteiger partial charge in [-0.3, -0.25) is 9.69 Å². The van der Waals surface area contributed by atoms with Crippen LogP contribution >= 0.6 is 15.9 Å². The van der Waals surface area contributed by atoms with Crippen molar-refractivity contribution < 1.29 is 4.79 Å². The average molecular weight is 326 g/mol. The van der Waals surface area contributed by atoms with Gasteiger partial charge in [0.25, 0.3) is 5.91 Å². The van der Waals surface area contributed by atoms with E-state index < -0.39 is 0 Å². The number of likely N-dealkylation sites (N-methyl/N-ethyl adjacent to an activating group) is 1. The highest BCUT2D eigenvalue weighted by Crippen LogP contribution is 2.15. The van der Waals surface area contributed by atoms with Crippen molar-refractivity contribution in [2.45, 2.75) is 0 Å². The van der Waals surface area contributed by atoms with Crippen LogP contribution in [0.15, 0.2) is 28.7 Å². The second-order valence-electron chi connectivity index (χ2n) is 4.88. The molecule has 1 aliphatic rings. The molecule has 1 N–H and O–H groups in total. The SMILES string of the molecule is CN1CCN(CCNC(=O)c2ccccc2Br)CC1. The second kappa shape index (κ2) is 7.03. The fraction of sp³-hybridized carbons (Fsp3) is 0.500. The van der Waals surface area contributed by atoms with E-state index in [1.54, 1.807) is 0 Å². The van der Waals surface area contributed by atoms with Crippen molar-refractivity contribution in [3.05, 3.63) is 34.3 Å². The van der Waals surface area contributed by atoms with E-state index in [0.717, 1.165) is 37.2 Å². The predicted molar refractivity (Wildman–Crippen MR) is 80.4 cm³/mol. The summed E-state index contributed by atoms with van der Waals surface area (Å²) in [5, 5.41) is 2.97. The molecule has 104 valence electrons. The number of carbonyl (C=O) groups excluding carboxylic acids is 1. The third-order valence-electron chi connectivity index (χ3n) is 3.43. The zero-order valence-corrected chi connectivity index (χ0v) is 12.8. The van der Waals surface area contributed by atoms with Gasteiger partial charge in [0, 0.05) is 43.7 Å². The molecular formula is C14H20BrN3O. The summed E-state index contributed by atoms with van der Waals surface area (Å²) in [6.45, 7) is 6.01. The van der Waals surface area contributed by atoms with Gasteiger partial charge in [-0.1, -0.05) is 12.1 Å². The van der Waals surface area contributed by atoms with E-state index in [0.29, 0.717) is 12.1 Å².